The zero-order valence-electron chi connectivity index (χ0n) is 17.2. The molecule has 1 aromatic rings. The zero-order valence-corrected chi connectivity index (χ0v) is 18.0. The number of sulfone groups is 1. The molecule has 2 aliphatic rings. The number of benzene rings is 1. The Hall–Kier alpha value is -2.55. The third-order valence-electron chi connectivity index (χ3n) is 5.82. The van der Waals surface area contributed by atoms with E-state index < -0.39 is 93.2 Å². The van der Waals surface area contributed by atoms with Crippen molar-refractivity contribution < 1.29 is 59.3 Å². The molecular formula is C19H19F6NO7S. The van der Waals surface area contributed by atoms with Crippen LogP contribution >= 0.6 is 0 Å². The number of carboxylic acids is 1. The van der Waals surface area contributed by atoms with Gasteiger partial charge in [0.05, 0.1) is 27.7 Å². The van der Waals surface area contributed by atoms with Crippen molar-refractivity contribution in [2.24, 2.45) is 5.41 Å². The van der Waals surface area contributed by atoms with Crippen LogP contribution in [0.25, 0.3) is 0 Å². The average molecular weight is 519 g/mol. The van der Waals surface area contributed by atoms with Crippen LogP contribution in [0.1, 0.15) is 24.8 Å². The molecule has 1 heterocycles. The summed E-state index contributed by atoms with van der Waals surface area (Å²) in [6.45, 7) is -3.21. The highest BCUT2D eigenvalue weighted by molar-refractivity contribution is 7.92. The van der Waals surface area contributed by atoms with Crippen molar-refractivity contribution in [3.8, 4) is 5.75 Å². The summed E-state index contributed by atoms with van der Waals surface area (Å²) in [6, 6.07) is -0.443. The molecule has 0 unspecified atom stereocenters. The highest BCUT2D eigenvalue weighted by Gasteiger charge is 2.56. The van der Waals surface area contributed by atoms with Crippen molar-refractivity contribution in [3.63, 3.8) is 0 Å². The van der Waals surface area contributed by atoms with E-state index in [4.69, 9.17) is 0 Å². The number of ether oxygens (including phenoxy) is 1. The minimum atomic E-state index is -5.30. The van der Waals surface area contributed by atoms with E-state index in [0.717, 1.165) is 4.90 Å². The van der Waals surface area contributed by atoms with Gasteiger partial charge in [-0.15, -0.1) is 0 Å². The SMILES string of the molecule is O=C(O)[C@@H]1C[C@@H](S(=O)(=O)c2ccc(OCC(F)(F)F)cc2C(F)(F)F)CN1C(=O)C1(CO)CC1. The molecule has 1 aliphatic heterocycles. The lowest BCUT2D eigenvalue weighted by atomic mass is 10.1. The van der Waals surface area contributed by atoms with Crippen molar-refractivity contribution in [1.82, 2.24) is 4.90 Å². The van der Waals surface area contributed by atoms with Crippen LogP contribution in [-0.2, 0) is 25.6 Å². The Morgan fingerprint density at radius 3 is 2.24 bits per heavy atom. The summed E-state index contributed by atoms with van der Waals surface area (Å²) < 4.78 is 108. The summed E-state index contributed by atoms with van der Waals surface area (Å²) in [7, 11) is -4.89. The second-order valence-corrected chi connectivity index (χ2v) is 10.4. The molecule has 1 aliphatic carbocycles. The second kappa shape index (κ2) is 8.59. The minimum absolute atomic E-state index is 0.121. The van der Waals surface area contributed by atoms with Gasteiger partial charge in [0, 0.05) is 6.54 Å². The number of carboxylic acid groups (broad SMARTS) is 1. The van der Waals surface area contributed by atoms with E-state index in [1.165, 1.54) is 0 Å². The van der Waals surface area contributed by atoms with Crippen LogP contribution in [0.15, 0.2) is 23.1 Å². The van der Waals surface area contributed by atoms with Crippen molar-refractivity contribution in [2.75, 3.05) is 19.8 Å². The first-order valence-electron chi connectivity index (χ1n) is 9.81. The van der Waals surface area contributed by atoms with Crippen LogP contribution < -0.4 is 4.74 Å². The standard InChI is InChI=1S/C19H19F6NO7S/c20-18(21,22)9-33-10-1-2-14(12(5-10)19(23,24)25)34(31,32)11-6-13(15(28)29)26(7-11)16(30)17(8-27)3-4-17/h1-2,5,11,13,27H,3-4,6-9H2,(H,28,29)/t11-,13+/m1/s1. The number of halogens is 6. The third kappa shape index (κ3) is 5.09. The van der Waals surface area contributed by atoms with Crippen molar-refractivity contribution in [1.29, 1.82) is 0 Å². The van der Waals surface area contributed by atoms with E-state index in [0.29, 0.717) is 12.1 Å². The number of aliphatic carboxylic acids is 1. The number of hydrogen-bond acceptors (Lipinski definition) is 6. The molecular weight excluding hydrogens is 500 g/mol. The quantitative estimate of drug-likeness (QED) is 0.530. The number of alkyl halides is 6. The molecule has 190 valence electrons. The number of carbonyl (C=O) groups excluding carboxylic acids is 1. The molecule has 1 aromatic carbocycles. The number of carbonyl (C=O) groups is 2. The van der Waals surface area contributed by atoms with E-state index in [1.807, 2.05) is 0 Å². The van der Waals surface area contributed by atoms with Gasteiger partial charge in [0.2, 0.25) is 5.91 Å². The number of nitrogens with zero attached hydrogens (tertiary/aromatic N) is 1. The van der Waals surface area contributed by atoms with Crippen LogP contribution in [0.4, 0.5) is 26.3 Å². The fraction of sp³-hybridized carbons (Fsp3) is 0.579. The Bertz CT molecular complexity index is 1080. The first kappa shape index (κ1) is 26.1. The minimum Gasteiger partial charge on any atom is -0.484 e. The maximum atomic E-state index is 13.6. The Morgan fingerprint density at radius 2 is 1.76 bits per heavy atom. The molecule has 34 heavy (non-hydrogen) atoms. The maximum Gasteiger partial charge on any atom is 0.422 e. The van der Waals surface area contributed by atoms with Crippen LogP contribution in [0, 0.1) is 5.41 Å². The van der Waals surface area contributed by atoms with E-state index in [9.17, 15) is 54.6 Å². The van der Waals surface area contributed by atoms with Gasteiger partial charge in [0.25, 0.3) is 0 Å². The number of amides is 1. The van der Waals surface area contributed by atoms with Crippen molar-refractivity contribution in [3.05, 3.63) is 23.8 Å². The van der Waals surface area contributed by atoms with E-state index >= 15 is 0 Å². The summed E-state index contributed by atoms with van der Waals surface area (Å²) in [4.78, 5) is 23.8. The zero-order chi connectivity index (χ0) is 25.7. The molecule has 8 nitrogen and oxygen atoms in total. The van der Waals surface area contributed by atoms with Crippen LogP contribution in [0.2, 0.25) is 0 Å². The largest absolute Gasteiger partial charge is 0.484 e. The summed E-state index contributed by atoms with van der Waals surface area (Å²) in [5.41, 5.74) is -3.01. The molecule has 2 N–H and O–H groups in total. The highest BCUT2D eigenvalue weighted by Crippen LogP contribution is 2.48. The molecule has 0 aromatic heterocycles. The van der Waals surface area contributed by atoms with Crippen LogP contribution in [-0.4, -0.2) is 72.6 Å². The third-order valence-corrected chi connectivity index (χ3v) is 8.01. The van der Waals surface area contributed by atoms with Gasteiger partial charge in [-0.1, -0.05) is 0 Å². The number of aliphatic hydroxyl groups is 1. The summed E-state index contributed by atoms with van der Waals surface area (Å²) in [5, 5.41) is 17.2. The van der Waals surface area contributed by atoms with E-state index in [2.05, 4.69) is 4.74 Å². The molecule has 1 amide bonds. The van der Waals surface area contributed by atoms with Gasteiger partial charge in [-0.3, -0.25) is 4.79 Å². The molecule has 2 atom stereocenters. The molecule has 3 rings (SSSR count). The highest BCUT2D eigenvalue weighted by atomic mass is 32.2. The van der Waals surface area contributed by atoms with Crippen molar-refractivity contribution >= 4 is 21.7 Å². The summed E-state index contributed by atoms with van der Waals surface area (Å²) in [6.07, 6.45) is -10.3. The second-order valence-electron chi connectivity index (χ2n) is 8.21. The van der Waals surface area contributed by atoms with E-state index in [-0.39, 0.29) is 18.9 Å². The fourth-order valence-electron chi connectivity index (χ4n) is 3.79. The molecule has 0 bridgehead atoms. The average Bonchev–Trinajstić information content (AvgIpc) is 3.39. The van der Waals surface area contributed by atoms with Crippen LogP contribution in [0.5, 0.6) is 5.75 Å². The van der Waals surface area contributed by atoms with Gasteiger partial charge in [-0.05, 0) is 37.5 Å². The Kier molecular flexibility index (Phi) is 6.58. The molecule has 15 heteroatoms. The molecule has 1 saturated carbocycles. The van der Waals surface area contributed by atoms with Gasteiger partial charge >= 0.3 is 18.3 Å². The predicted octanol–water partition coefficient (Wildman–Crippen LogP) is 2.25. The molecule has 1 saturated heterocycles. The topological polar surface area (TPSA) is 121 Å². The number of hydrogen-bond donors (Lipinski definition) is 2. The molecule has 0 spiro atoms. The number of likely N-dealkylation sites (tertiary alicyclic amines) is 1. The normalized spacial score (nSPS) is 22.5. The van der Waals surface area contributed by atoms with Gasteiger partial charge < -0.3 is 19.8 Å². The number of aliphatic hydroxyl groups excluding tert-OH is 1. The van der Waals surface area contributed by atoms with Gasteiger partial charge in [-0.25, -0.2) is 13.2 Å². The smallest absolute Gasteiger partial charge is 0.422 e. The lowest BCUT2D eigenvalue weighted by molar-refractivity contribution is -0.153. The molecule has 0 radical (unpaired) electrons. The fourth-order valence-corrected chi connectivity index (χ4v) is 5.68. The first-order valence-corrected chi connectivity index (χ1v) is 11.4. The van der Waals surface area contributed by atoms with Gasteiger partial charge in [-0.2, -0.15) is 26.3 Å². The molecule has 2 fully saturated rings. The first-order chi connectivity index (χ1) is 15.5. The number of rotatable bonds is 7. The summed E-state index contributed by atoms with van der Waals surface area (Å²) in [5.74, 6) is -3.23. The lowest BCUT2D eigenvalue weighted by Crippen LogP contribution is -2.45. The monoisotopic (exact) mass is 519 g/mol. The van der Waals surface area contributed by atoms with Crippen molar-refractivity contribution in [2.45, 2.75) is 47.8 Å². The Labute approximate surface area is 189 Å². The predicted molar refractivity (Wildman–Crippen MR) is 100 cm³/mol. The Morgan fingerprint density at radius 1 is 1.15 bits per heavy atom. The van der Waals surface area contributed by atoms with Crippen LogP contribution in [0.3, 0.4) is 0 Å². The lowest BCUT2D eigenvalue weighted by Gasteiger charge is -2.25. The maximum absolute atomic E-state index is 13.6. The Balaban J connectivity index is 1.95. The summed E-state index contributed by atoms with van der Waals surface area (Å²) >= 11 is 0. The van der Waals surface area contributed by atoms with E-state index in [1.54, 1.807) is 0 Å². The van der Waals surface area contributed by atoms with Gasteiger partial charge in [0.15, 0.2) is 16.4 Å². The van der Waals surface area contributed by atoms with Gasteiger partial charge in [0.1, 0.15) is 11.8 Å².